The molecule has 3 atom stereocenters. The van der Waals surface area contributed by atoms with E-state index in [0.29, 0.717) is 17.9 Å². The molecule has 0 radical (unpaired) electrons. The number of hydrogen-bond acceptors (Lipinski definition) is 5. The van der Waals surface area contributed by atoms with E-state index in [2.05, 4.69) is 24.5 Å². The summed E-state index contributed by atoms with van der Waals surface area (Å²) < 4.78 is 4.75. The van der Waals surface area contributed by atoms with Gasteiger partial charge in [0.2, 0.25) is 5.91 Å². The van der Waals surface area contributed by atoms with Gasteiger partial charge in [0.25, 0.3) is 5.91 Å². The Bertz CT molecular complexity index is 821. The molecule has 1 aliphatic heterocycles. The fraction of sp³-hybridized carbons (Fsp3) is 0.545. The second-order valence-electron chi connectivity index (χ2n) is 8.18. The molecule has 1 heterocycles. The van der Waals surface area contributed by atoms with Crippen molar-refractivity contribution < 1.29 is 23.9 Å². The summed E-state index contributed by atoms with van der Waals surface area (Å²) in [6.07, 6.45) is 0.646. The van der Waals surface area contributed by atoms with E-state index >= 15 is 0 Å². The zero-order valence-electron chi connectivity index (χ0n) is 18.4. The Kier molecular flexibility index (Phi) is 7.23. The van der Waals surface area contributed by atoms with Crippen LogP contribution in [0.1, 0.15) is 58.1 Å². The maximum Gasteiger partial charge on any atom is 0.328 e. The maximum atomic E-state index is 13.0. The van der Waals surface area contributed by atoms with Crippen LogP contribution in [-0.4, -0.2) is 48.4 Å². The molecular formula is C22H31N3O5. The molecule has 1 aromatic rings. The number of ether oxygens (including phenoxy) is 1. The van der Waals surface area contributed by atoms with E-state index in [4.69, 9.17) is 4.74 Å². The van der Waals surface area contributed by atoms with Crippen LogP contribution >= 0.6 is 0 Å². The monoisotopic (exact) mass is 417 g/mol. The van der Waals surface area contributed by atoms with Crippen LogP contribution in [0.4, 0.5) is 4.79 Å². The topological polar surface area (TPSA) is 105 Å². The molecular weight excluding hydrogens is 386 g/mol. The molecule has 8 heteroatoms. The molecule has 0 saturated carbocycles. The molecule has 1 saturated heterocycles. The van der Waals surface area contributed by atoms with Crippen molar-refractivity contribution in [2.75, 3.05) is 13.7 Å². The lowest BCUT2D eigenvalue weighted by molar-refractivity contribution is -0.146. The number of urea groups is 1. The summed E-state index contributed by atoms with van der Waals surface area (Å²) in [5.74, 6) is -1.50. The third-order valence-corrected chi connectivity index (χ3v) is 5.72. The number of rotatable bonds is 8. The Labute approximate surface area is 177 Å². The van der Waals surface area contributed by atoms with E-state index in [1.165, 1.54) is 7.11 Å². The molecule has 4 amide bonds. The number of imide groups is 1. The number of benzene rings is 1. The molecule has 2 rings (SSSR count). The van der Waals surface area contributed by atoms with Crippen LogP contribution in [-0.2, 0) is 24.7 Å². The summed E-state index contributed by atoms with van der Waals surface area (Å²) in [5.41, 5.74) is 0.500. The van der Waals surface area contributed by atoms with Crippen LogP contribution in [0.25, 0.3) is 0 Å². The van der Waals surface area contributed by atoms with Gasteiger partial charge in [0.15, 0.2) is 0 Å². The quantitative estimate of drug-likeness (QED) is 0.499. The van der Waals surface area contributed by atoms with Gasteiger partial charge < -0.3 is 15.4 Å². The molecule has 0 aromatic heterocycles. The number of carbonyl (C=O) groups excluding carboxylic acids is 4. The number of nitrogens with one attached hydrogen (secondary N) is 2. The second-order valence-corrected chi connectivity index (χ2v) is 8.18. The first-order valence-corrected chi connectivity index (χ1v) is 10.2. The normalized spacial score (nSPS) is 20.7. The minimum Gasteiger partial charge on any atom is -0.467 e. The van der Waals surface area contributed by atoms with Gasteiger partial charge in [-0.05, 0) is 29.9 Å². The Morgan fingerprint density at radius 3 is 2.27 bits per heavy atom. The highest BCUT2D eigenvalue weighted by molar-refractivity contribution is 6.09. The Morgan fingerprint density at radius 2 is 1.77 bits per heavy atom. The van der Waals surface area contributed by atoms with Crippen molar-refractivity contribution in [3.63, 3.8) is 0 Å². The Morgan fingerprint density at radius 1 is 1.17 bits per heavy atom. The lowest BCUT2D eigenvalue weighted by Gasteiger charge is -2.24. The van der Waals surface area contributed by atoms with E-state index < -0.39 is 41.9 Å². The summed E-state index contributed by atoms with van der Waals surface area (Å²) in [5, 5.41) is 5.27. The van der Waals surface area contributed by atoms with Gasteiger partial charge in [-0.3, -0.25) is 14.5 Å². The van der Waals surface area contributed by atoms with Gasteiger partial charge >= 0.3 is 12.0 Å². The van der Waals surface area contributed by atoms with Crippen molar-refractivity contribution in [3.05, 3.63) is 35.4 Å². The number of esters is 1. The standard InChI is InChI=1S/C22H31N3O5/c1-7-14(4)18(19(27)30-6)23-17(26)12-25-20(28)22(5,24-21(25)29)16-10-8-15(9-11-16)13(2)3/h8-11,13-14,18H,7,12H2,1-6H3,(H,23,26)(H,24,29)/t14-,18-,22+/m0/s1. The largest absolute Gasteiger partial charge is 0.467 e. The molecule has 0 aliphatic carbocycles. The van der Waals surface area contributed by atoms with Gasteiger partial charge in [0.1, 0.15) is 18.1 Å². The number of methoxy groups -OCH3 is 1. The van der Waals surface area contributed by atoms with E-state index in [0.717, 1.165) is 10.5 Å². The summed E-state index contributed by atoms with van der Waals surface area (Å²) in [6, 6.07) is 5.98. The van der Waals surface area contributed by atoms with Crippen LogP contribution in [0, 0.1) is 5.92 Å². The average Bonchev–Trinajstić information content (AvgIpc) is 2.94. The first-order chi connectivity index (χ1) is 14.0. The number of nitrogens with zero attached hydrogens (tertiary/aromatic N) is 1. The molecule has 1 aliphatic rings. The van der Waals surface area contributed by atoms with Crippen molar-refractivity contribution in [3.8, 4) is 0 Å². The zero-order chi connectivity index (χ0) is 22.6. The third-order valence-electron chi connectivity index (χ3n) is 5.72. The molecule has 1 fully saturated rings. The lowest BCUT2D eigenvalue weighted by atomic mass is 9.90. The fourth-order valence-corrected chi connectivity index (χ4v) is 3.40. The van der Waals surface area contributed by atoms with Crippen molar-refractivity contribution in [1.29, 1.82) is 0 Å². The fourth-order valence-electron chi connectivity index (χ4n) is 3.40. The molecule has 0 unspecified atom stereocenters. The average molecular weight is 418 g/mol. The van der Waals surface area contributed by atoms with Gasteiger partial charge in [0.05, 0.1) is 7.11 Å². The number of hydrogen-bond donors (Lipinski definition) is 2. The van der Waals surface area contributed by atoms with Crippen molar-refractivity contribution in [2.45, 2.75) is 58.5 Å². The number of carbonyl (C=O) groups is 4. The summed E-state index contributed by atoms with van der Waals surface area (Å²) in [7, 11) is 1.25. The molecule has 0 bridgehead atoms. The predicted molar refractivity (Wildman–Crippen MR) is 112 cm³/mol. The zero-order valence-corrected chi connectivity index (χ0v) is 18.4. The summed E-state index contributed by atoms with van der Waals surface area (Å²) >= 11 is 0. The molecule has 0 spiro atoms. The number of amides is 4. The van der Waals surface area contributed by atoms with Gasteiger partial charge in [-0.15, -0.1) is 0 Å². The molecule has 8 nitrogen and oxygen atoms in total. The van der Waals surface area contributed by atoms with Crippen molar-refractivity contribution in [2.24, 2.45) is 5.92 Å². The second kappa shape index (κ2) is 9.28. The van der Waals surface area contributed by atoms with Crippen LogP contribution in [0.3, 0.4) is 0 Å². The van der Waals surface area contributed by atoms with Crippen LogP contribution in [0.2, 0.25) is 0 Å². The highest BCUT2D eigenvalue weighted by atomic mass is 16.5. The Balaban J connectivity index is 2.15. The first kappa shape index (κ1) is 23.4. The summed E-state index contributed by atoms with van der Waals surface area (Å²) in [4.78, 5) is 50.9. The first-order valence-electron chi connectivity index (χ1n) is 10.2. The minimum atomic E-state index is -1.26. The van der Waals surface area contributed by atoms with Gasteiger partial charge in [0, 0.05) is 0 Å². The smallest absolute Gasteiger partial charge is 0.328 e. The van der Waals surface area contributed by atoms with E-state index in [-0.39, 0.29) is 5.92 Å². The highest BCUT2D eigenvalue weighted by Crippen LogP contribution is 2.29. The third kappa shape index (κ3) is 4.63. The Hall–Kier alpha value is -2.90. The van der Waals surface area contributed by atoms with Gasteiger partial charge in [-0.25, -0.2) is 9.59 Å². The van der Waals surface area contributed by atoms with E-state index in [1.807, 2.05) is 38.1 Å². The van der Waals surface area contributed by atoms with Gasteiger partial charge in [-0.1, -0.05) is 58.4 Å². The van der Waals surface area contributed by atoms with E-state index in [1.54, 1.807) is 6.92 Å². The molecule has 2 N–H and O–H groups in total. The maximum absolute atomic E-state index is 13.0. The van der Waals surface area contributed by atoms with Crippen LogP contribution < -0.4 is 10.6 Å². The van der Waals surface area contributed by atoms with E-state index in [9.17, 15) is 19.2 Å². The minimum absolute atomic E-state index is 0.158. The highest BCUT2D eigenvalue weighted by Gasteiger charge is 2.49. The SMILES string of the molecule is CC[C@H](C)[C@H](NC(=O)CN1C(=O)N[C@](C)(c2ccc(C(C)C)cc2)C1=O)C(=O)OC. The lowest BCUT2D eigenvalue weighted by Crippen LogP contribution is -2.50. The van der Waals surface area contributed by atoms with Gasteiger partial charge in [-0.2, -0.15) is 0 Å². The molecule has 30 heavy (non-hydrogen) atoms. The van der Waals surface area contributed by atoms with Crippen LogP contribution in [0.15, 0.2) is 24.3 Å². The summed E-state index contributed by atoms with van der Waals surface area (Å²) in [6.45, 7) is 8.98. The van der Waals surface area contributed by atoms with Crippen molar-refractivity contribution in [1.82, 2.24) is 15.5 Å². The van der Waals surface area contributed by atoms with Crippen LogP contribution in [0.5, 0.6) is 0 Å². The predicted octanol–water partition coefficient (Wildman–Crippen LogP) is 2.28. The van der Waals surface area contributed by atoms with Crippen molar-refractivity contribution >= 4 is 23.8 Å². The molecule has 1 aromatic carbocycles. The molecule has 164 valence electrons.